The summed E-state index contributed by atoms with van der Waals surface area (Å²) >= 11 is 0. The summed E-state index contributed by atoms with van der Waals surface area (Å²) in [4.78, 5) is 13.3. The second kappa shape index (κ2) is 4.96. The van der Waals surface area contributed by atoms with E-state index in [4.69, 9.17) is 4.74 Å². The molecule has 20 heavy (non-hydrogen) atoms. The van der Waals surface area contributed by atoms with E-state index >= 15 is 0 Å². The highest BCUT2D eigenvalue weighted by Crippen LogP contribution is 2.39. The molecule has 2 aliphatic heterocycles. The predicted molar refractivity (Wildman–Crippen MR) is 74.6 cm³/mol. The second-order valence-corrected chi connectivity index (χ2v) is 5.64. The monoisotopic (exact) mass is 278 g/mol. The number of rotatable bonds is 2. The third kappa shape index (κ3) is 2.32. The number of nitrogens with zero attached hydrogens (tertiary/aromatic N) is 1. The van der Waals surface area contributed by atoms with Crippen LogP contribution in [-0.4, -0.2) is 31.1 Å². The van der Waals surface area contributed by atoms with Crippen LogP contribution < -0.4 is 15.0 Å². The maximum atomic E-state index is 13.8. The lowest BCUT2D eigenvalue weighted by Gasteiger charge is -2.21. The molecule has 2 aliphatic rings. The lowest BCUT2D eigenvalue weighted by Crippen LogP contribution is -2.35. The fourth-order valence-corrected chi connectivity index (χ4v) is 3.12. The molecule has 1 N–H and O–H groups in total. The first kappa shape index (κ1) is 13.2. The van der Waals surface area contributed by atoms with Crippen LogP contribution in [0, 0.1) is 5.82 Å². The average Bonchev–Trinajstić information content (AvgIpc) is 2.96. The van der Waals surface area contributed by atoms with E-state index in [9.17, 15) is 9.18 Å². The zero-order valence-electron chi connectivity index (χ0n) is 11.8. The number of hydrogen-bond acceptors (Lipinski definition) is 3. The third-order valence-electron chi connectivity index (χ3n) is 3.93. The summed E-state index contributed by atoms with van der Waals surface area (Å²) in [7, 11) is 0. The molecule has 4 nitrogen and oxygen atoms in total. The van der Waals surface area contributed by atoms with E-state index < -0.39 is 0 Å². The van der Waals surface area contributed by atoms with Gasteiger partial charge in [0.1, 0.15) is 6.10 Å². The van der Waals surface area contributed by atoms with Gasteiger partial charge in [-0.1, -0.05) is 0 Å². The molecule has 0 bridgehead atoms. The summed E-state index contributed by atoms with van der Waals surface area (Å²) in [5, 5.41) is 2.94. The molecule has 108 valence electrons. The molecule has 1 saturated heterocycles. The minimum atomic E-state index is -0.286. The second-order valence-electron chi connectivity index (χ2n) is 5.64. The summed E-state index contributed by atoms with van der Waals surface area (Å²) in [5.41, 5.74) is 2.00. The highest BCUT2D eigenvalue weighted by molar-refractivity contribution is 5.73. The Bertz CT molecular complexity index is 547. The fourth-order valence-electron chi connectivity index (χ4n) is 3.12. The van der Waals surface area contributed by atoms with Crippen LogP contribution in [-0.2, 0) is 11.2 Å². The molecule has 2 heterocycles. The topological polar surface area (TPSA) is 41.6 Å². The van der Waals surface area contributed by atoms with Crippen molar-refractivity contribution in [2.45, 2.75) is 38.8 Å². The van der Waals surface area contributed by atoms with Gasteiger partial charge < -0.3 is 15.0 Å². The fraction of sp³-hybridized carbons (Fsp3) is 0.533. The van der Waals surface area contributed by atoms with Crippen LogP contribution in [0.3, 0.4) is 0 Å². The summed E-state index contributed by atoms with van der Waals surface area (Å²) in [6.45, 7) is 5.13. The first-order valence-electron chi connectivity index (χ1n) is 7.04. The van der Waals surface area contributed by atoms with E-state index in [0.29, 0.717) is 5.75 Å². The number of fused-ring (bicyclic) bond motifs is 1. The highest BCUT2D eigenvalue weighted by atomic mass is 19.1. The van der Waals surface area contributed by atoms with Crippen molar-refractivity contribution in [3.05, 3.63) is 23.5 Å². The number of carbonyl (C=O) groups excluding carboxylic acids is 1. The zero-order chi connectivity index (χ0) is 14.3. The molecule has 0 aromatic heterocycles. The summed E-state index contributed by atoms with van der Waals surface area (Å²) in [5.74, 6) is 0.113. The van der Waals surface area contributed by atoms with Crippen molar-refractivity contribution in [2.24, 2.45) is 0 Å². The zero-order valence-corrected chi connectivity index (χ0v) is 11.8. The number of anilines is 1. The Hall–Kier alpha value is -1.78. The molecular weight excluding hydrogens is 259 g/mol. The van der Waals surface area contributed by atoms with Gasteiger partial charge in [0.2, 0.25) is 5.91 Å². The SMILES string of the molecule is CC(=O)N[C@H]1CCN(c2ccc(F)c3c2CC(C)O3)C1. The number of halogens is 1. The Labute approximate surface area is 117 Å². The molecule has 1 unspecified atom stereocenters. The van der Waals surface area contributed by atoms with Gasteiger partial charge in [-0.25, -0.2) is 4.39 Å². The van der Waals surface area contributed by atoms with Crippen molar-refractivity contribution in [1.82, 2.24) is 5.32 Å². The van der Waals surface area contributed by atoms with E-state index in [1.165, 1.54) is 13.0 Å². The molecule has 1 amide bonds. The van der Waals surface area contributed by atoms with Gasteiger partial charge in [-0.3, -0.25) is 4.79 Å². The van der Waals surface area contributed by atoms with E-state index in [0.717, 1.165) is 37.2 Å². The molecule has 1 fully saturated rings. The van der Waals surface area contributed by atoms with Gasteiger partial charge in [-0.2, -0.15) is 0 Å². The number of carbonyl (C=O) groups is 1. The molecule has 0 aliphatic carbocycles. The van der Waals surface area contributed by atoms with Gasteiger partial charge in [0.15, 0.2) is 11.6 Å². The lowest BCUT2D eigenvalue weighted by molar-refractivity contribution is -0.119. The Balaban J connectivity index is 1.83. The smallest absolute Gasteiger partial charge is 0.217 e. The van der Waals surface area contributed by atoms with E-state index in [1.54, 1.807) is 0 Å². The van der Waals surface area contributed by atoms with Crippen molar-refractivity contribution in [3.8, 4) is 5.75 Å². The number of ether oxygens (including phenoxy) is 1. The van der Waals surface area contributed by atoms with Crippen LogP contribution in [0.2, 0.25) is 0 Å². The Morgan fingerprint density at radius 2 is 2.30 bits per heavy atom. The van der Waals surface area contributed by atoms with Crippen molar-refractivity contribution >= 4 is 11.6 Å². The molecule has 2 atom stereocenters. The van der Waals surface area contributed by atoms with Gasteiger partial charge in [0, 0.05) is 43.7 Å². The van der Waals surface area contributed by atoms with Crippen LogP contribution in [0.1, 0.15) is 25.8 Å². The maximum absolute atomic E-state index is 13.8. The van der Waals surface area contributed by atoms with E-state index in [1.807, 2.05) is 13.0 Å². The molecule has 1 aromatic carbocycles. The van der Waals surface area contributed by atoms with Crippen LogP contribution in [0.25, 0.3) is 0 Å². The van der Waals surface area contributed by atoms with E-state index in [-0.39, 0.29) is 23.9 Å². The number of amides is 1. The summed E-state index contributed by atoms with van der Waals surface area (Å²) < 4.78 is 19.3. The van der Waals surface area contributed by atoms with Gasteiger partial charge in [-0.15, -0.1) is 0 Å². The molecule has 0 radical (unpaired) electrons. The van der Waals surface area contributed by atoms with Crippen LogP contribution in [0.4, 0.5) is 10.1 Å². The van der Waals surface area contributed by atoms with Crippen molar-refractivity contribution in [3.63, 3.8) is 0 Å². The molecule has 5 heteroatoms. The van der Waals surface area contributed by atoms with Gasteiger partial charge in [-0.05, 0) is 25.5 Å². The molecular formula is C15H19FN2O2. The number of benzene rings is 1. The largest absolute Gasteiger partial charge is 0.487 e. The van der Waals surface area contributed by atoms with Crippen LogP contribution >= 0.6 is 0 Å². The first-order valence-corrected chi connectivity index (χ1v) is 7.04. The molecule has 1 aromatic rings. The van der Waals surface area contributed by atoms with Crippen molar-refractivity contribution in [1.29, 1.82) is 0 Å². The Morgan fingerprint density at radius 3 is 3.05 bits per heavy atom. The number of nitrogens with one attached hydrogen (secondary N) is 1. The van der Waals surface area contributed by atoms with Crippen LogP contribution in [0.15, 0.2) is 12.1 Å². The van der Waals surface area contributed by atoms with Crippen molar-refractivity contribution in [2.75, 3.05) is 18.0 Å². The first-order chi connectivity index (χ1) is 9.54. The maximum Gasteiger partial charge on any atom is 0.217 e. The third-order valence-corrected chi connectivity index (χ3v) is 3.93. The Morgan fingerprint density at radius 1 is 1.50 bits per heavy atom. The predicted octanol–water partition coefficient (Wildman–Crippen LogP) is 1.86. The molecule has 0 saturated carbocycles. The minimum absolute atomic E-state index is 0.00172. The van der Waals surface area contributed by atoms with Crippen molar-refractivity contribution < 1.29 is 13.9 Å². The quantitative estimate of drug-likeness (QED) is 0.898. The van der Waals surface area contributed by atoms with E-state index in [2.05, 4.69) is 10.2 Å². The summed E-state index contributed by atoms with van der Waals surface area (Å²) in [6.07, 6.45) is 1.68. The standard InChI is InChI=1S/C15H19FN2O2/c1-9-7-12-14(4-3-13(16)15(12)20-9)18-6-5-11(8-18)17-10(2)19/h3-4,9,11H,5-8H2,1-2H3,(H,17,19)/t9?,11-/m0/s1. The average molecular weight is 278 g/mol. The highest BCUT2D eigenvalue weighted by Gasteiger charge is 2.30. The van der Waals surface area contributed by atoms with Crippen LogP contribution in [0.5, 0.6) is 5.75 Å². The number of hydrogen-bond donors (Lipinski definition) is 1. The van der Waals surface area contributed by atoms with Gasteiger partial charge >= 0.3 is 0 Å². The molecule has 0 spiro atoms. The van der Waals surface area contributed by atoms with Gasteiger partial charge in [0.25, 0.3) is 0 Å². The lowest BCUT2D eigenvalue weighted by atomic mass is 10.1. The van der Waals surface area contributed by atoms with Gasteiger partial charge in [0.05, 0.1) is 0 Å². The molecule has 3 rings (SSSR count). The summed E-state index contributed by atoms with van der Waals surface area (Å²) in [6, 6.07) is 3.47. The minimum Gasteiger partial charge on any atom is -0.487 e. The Kier molecular flexibility index (Phi) is 3.28. The normalized spacial score (nSPS) is 24.4.